The molecule has 0 aliphatic heterocycles. The van der Waals surface area contributed by atoms with Gasteiger partial charge in [0.25, 0.3) is 7.82 Å². The summed E-state index contributed by atoms with van der Waals surface area (Å²) in [6, 6.07) is -0.885. The van der Waals surface area contributed by atoms with E-state index in [1.54, 1.807) is 0 Å². The molecule has 0 aromatic rings. The van der Waals surface area contributed by atoms with E-state index in [1.165, 1.54) is 244 Å². The minimum absolute atomic E-state index is 0.0200. The molecular formula is C72H137N2O7P. The van der Waals surface area contributed by atoms with E-state index in [9.17, 15) is 19.0 Å². The number of likely N-dealkylation sites (N-methyl/N-ethyl adjacent to an activating group) is 1. The molecule has 9 nitrogen and oxygen atoms in total. The van der Waals surface area contributed by atoms with Crippen molar-refractivity contribution >= 4 is 19.7 Å². The first-order valence-electron chi connectivity index (χ1n) is 35.4. The van der Waals surface area contributed by atoms with Crippen LogP contribution in [0.5, 0.6) is 0 Å². The number of nitrogens with zero attached hydrogens (tertiary/aromatic N) is 1. The molecule has 0 aliphatic rings. The molecule has 0 aromatic carbocycles. The Hall–Kier alpha value is -2.03. The Morgan fingerprint density at radius 3 is 1.13 bits per heavy atom. The fourth-order valence-corrected chi connectivity index (χ4v) is 11.3. The number of carbonyl (C=O) groups excluding carboxylic acids is 2. The summed E-state index contributed by atoms with van der Waals surface area (Å²) in [6.45, 7) is 6.87. The van der Waals surface area contributed by atoms with Gasteiger partial charge < -0.3 is 28.5 Å². The Morgan fingerprint density at radius 1 is 0.427 bits per heavy atom. The van der Waals surface area contributed by atoms with Crippen molar-refractivity contribution in [1.82, 2.24) is 5.32 Å². The average molecular weight is 1170 g/mol. The van der Waals surface area contributed by atoms with Crippen molar-refractivity contribution in [2.24, 2.45) is 0 Å². The van der Waals surface area contributed by atoms with Crippen LogP contribution in [0.2, 0.25) is 0 Å². The van der Waals surface area contributed by atoms with Crippen LogP contribution < -0.4 is 10.2 Å². The molecule has 0 bridgehead atoms. The van der Waals surface area contributed by atoms with Crippen molar-refractivity contribution in [3.05, 3.63) is 48.6 Å². The Balaban J connectivity index is 5.00. The number of rotatable bonds is 65. The maximum absolute atomic E-state index is 13.6. The number of esters is 1. The van der Waals surface area contributed by atoms with Crippen molar-refractivity contribution in [2.75, 3.05) is 40.9 Å². The quantitative estimate of drug-likeness (QED) is 0.0212. The van der Waals surface area contributed by atoms with Crippen LogP contribution in [0.15, 0.2) is 48.6 Å². The maximum Gasteiger partial charge on any atom is 0.306 e. The van der Waals surface area contributed by atoms with Crippen molar-refractivity contribution in [3.8, 4) is 0 Å². The van der Waals surface area contributed by atoms with Gasteiger partial charge in [-0.15, -0.1) is 0 Å². The number of phosphoric ester groups is 1. The van der Waals surface area contributed by atoms with Crippen LogP contribution in [0.3, 0.4) is 0 Å². The summed E-state index contributed by atoms with van der Waals surface area (Å²) in [5, 5.41) is 3.05. The molecule has 0 rings (SSSR count). The lowest BCUT2D eigenvalue weighted by Crippen LogP contribution is -2.47. The first kappa shape index (κ1) is 80.0. The molecule has 0 aromatic heterocycles. The molecular weight excluding hydrogens is 1040 g/mol. The predicted molar refractivity (Wildman–Crippen MR) is 353 cm³/mol. The zero-order valence-electron chi connectivity index (χ0n) is 55.2. The summed E-state index contributed by atoms with van der Waals surface area (Å²) in [4.78, 5) is 40.1. The first-order valence-corrected chi connectivity index (χ1v) is 36.9. The zero-order chi connectivity index (χ0) is 60.0. The third kappa shape index (κ3) is 62.5. The van der Waals surface area contributed by atoms with E-state index in [1.807, 2.05) is 33.3 Å². The average Bonchev–Trinajstić information content (AvgIpc) is 3.44. The summed E-state index contributed by atoms with van der Waals surface area (Å²) >= 11 is 0. The van der Waals surface area contributed by atoms with Crippen LogP contribution in [0.1, 0.15) is 348 Å². The van der Waals surface area contributed by atoms with E-state index in [2.05, 4.69) is 62.5 Å². The standard InChI is InChI=1S/C72H137N2O7P/c1-7-10-13-16-19-22-25-28-30-32-33-34-35-36-37-38-39-40-41-43-45-47-50-53-56-59-62-65-72(76)81-70(63-60-57-54-51-48-27-24-21-18-15-12-9-3)69(68-80-82(77,78)79-67-66-74(4,5)6)73-71(75)64-61-58-55-52-49-46-44-42-31-29-26-23-20-17-14-11-8-2/h19,22,28,30,33-34,60,63,69-70H,7-18,20-21,23-27,29,31-32,35-59,61-62,64-68H2,1-6H3,(H-,73,75,77,78)/b22-19-,30-28-,34-33-,63-60+. The summed E-state index contributed by atoms with van der Waals surface area (Å²) in [6.07, 6.45) is 78.0. The lowest BCUT2D eigenvalue weighted by Gasteiger charge is -2.30. The highest BCUT2D eigenvalue weighted by atomic mass is 31.2. The van der Waals surface area contributed by atoms with Gasteiger partial charge in [-0.25, -0.2) is 0 Å². The largest absolute Gasteiger partial charge is 0.756 e. The maximum atomic E-state index is 13.6. The molecule has 3 unspecified atom stereocenters. The summed E-state index contributed by atoms with van der Waals surface area (Å²) < 4.78 is 30.4. The summed E-state index contributed by atoms with van der Waals surface area (Å²) in [5.74, 6) is -0.524. The molecule has 0 saturated heterocycles. The van der Waals surface area contributed by atoms with E-state index in [0.29, 0.717) is 17.4 Å². The number of hydrogen-bond donors (Lipinski definition) is 1. The van der Waals surface area contributed by atoms with E-state index in [-0.39, 0.29) is 31.5 Å². The molecule has 0 aliphatic carbocycles. The second-order valence-electron chi connectivity index (χ2n) is 25.4. The minimum Gasteiger partial charge on any atom is -0.756 e. The Morgan fingerprint density at radius 2 is 0.744 bits per heavy atom. The van der Waals surface area contributed by atoms with Crippen LogP contribution in [0, 0.1) is 0 Å². The topological polar surface area (TPSA) is 114 Å². The van der Waals surface area contributed by atoms with Gasteiger partial charge in [-0.2, -0.15) is 0 Å². The second-order valence-corrected chi connectivity index (χ2v) is 26.8. The first-order chi connectivity index (χ1) is 39.9. The normalized spacial score (nSPS) is 13.8. The summed E-state index contributed by atoms with van der Waals surface area (Å²) in [7, 11) is 1.20. The molecule has 10 heteroatoms. The highest BCUT2D eigenvalue weighted by Gasteiger charge is 2.27. The molecule has 0 saturated carbocycles. The molecule has 82 heavy (non-hydrogen) atoms. The number of quaternary nitrogens is 1. The smallest absolute Gasteiger partial charge is 0.306 e. The number of allylic oxidation sites excluding steroid dienone is 7. The van der Waals surface area contributed by atoms with Crippen LogP contribution in [-0.4, -0.2) is 69.4 Å². The molecule has 1 N–H and O–H groups in total. The fraction of sp³-hybridized carbons (Fsp3) is 0.861. The van der Waals surface area contributed by atoms with Crippen molar-refractivity contribution in [2.45, 2.75) is 360 Å². The van der Waals surface area contributed by atoms with Gasteiger partial charge in [-0.05, 0) is 70.3 Å². The van der Waals surface area contributed by atoms with E-state index >= 15 is 0 Å². The van der Waals surface area contributed by atoms with Crippen molar-refractivity contribution in [3.63, 3.8) is 0 Å². The van der Waals surface area contributed by atoms with Gasteiger partial charge in [0.15, 0.2) is 0 Å². The number of nitrogens with one attached hydrogen (secondary N) is 1. The van der Waals surface area contributed by atoms with Gasteiger partial charge in [0.2, 0.25) is 5.91 Å². The number of carbonyl (C=O) groups is 2. The minimum atomic E-state index is -4.70. The van der Waals surface area contributed by atoms with Gasteiger partial charge in [-0.1, -0.05) is 314 Å². The van der Waals surface area contributed by atoms with Crippen LogP contribution in [0.4, 0.5) is 0 Å². The van der Waals surface area contributed by atoms with Gasteiger partial charge >= 0.3 is 5.97 Å². The van der Waals surface area contributed by atoms with Gasteiger partial charge in [-0.3, -0.25) is 14.2 Å². The van der Waals surface area contributed by atoms with Crippen LogP contribution >= 0.6 is 7.82 Å². The second kappa shape index (κ2) is 62.0. The third-order valence-corrected chi connectivity index (χ3v) is 17.0. The van der Waals surface area contributed by atoms with Gasteiger partial charge in [0.1, 0.15) is 19.3 Å². The number of phosphoric acid groups is 1. The molecule has 0 heterocycles. The van der Waals surface area contributed by atoms with Gasteiger partial charge in [0, 0.05) is 12.8 Å². The Labute approximate surface area is 509 Å². The lowest BCUT2D eigenvalue weighted by atomic mass is 10.0. The van der Waals surface area contributed by atoms with Crippen molar-refractivity contribution in [1.29, 1.82) is 0 Å². The molecule has 0 radical (unpaired) electrons. The molecule has 482 valence electrons. The number of unbranched alkanes of at least 4 members (excludes halogenated alkanes) is 43. The fourth-order valence-electron chi connectivity index (χ4n) is 10.5. The number of amides is 1. The number of hydrogen-bond acceptors (Lipinski definition) is 7. The van der Waals surface area contributed by atoms with Crippen molar-refractivity contribution < 1.29 is 37.3 Å². The van der Waals surface area contributed by atoms with Crippen LogP contribution in [0.25, 0.3) is 0 Å². The Kier molecular flexibility index (Phi) is 60.5. The van der Waals surface area contributed by atoms with E-state index in [4.69, 9.17) is 13.8 Å². The van der Waals surface area contributed by atoms with E-state index < -0.39 is 20.0 Å². The summed E-state index contributed by atoms with van der Waals surface area (Å²) in [5.41, 5.74) is 0. The molecule has 1 amide bonds. The highest BCUT2D eigenvalue weighted by Crippen LogP contribution is 2.38. The predicted octanol–water partition coefficient (Wildman–Crippen LogP) is 21.8. The molecule has 0 fully saturated rings. The zero-order valence-corrected chi connectivity index (χ0v) is 56.1. The molecule has 0 spiro atoms. The van der Waals surface area contributed by atoms with E-state index in [0.717, 1.165) is 70.6 Å². The third-order valence-electron chi connectivity index (χ3n) is 16.0. The SMILES string of the molecule is CCCCC/C=C\C/C=C\C/C=C\CCCCCCCCCCCCCCCCC(=O)OC(/C=C/CCCCCCCCCCCC)C(COP(=O)([O-])OCC[N+](C)(C)C)NC(=O)CCCCCCCCCCCCCCCCCCC. The Bertz CT molecular complexity index is 1540. The van der Waals surface area contributed by atoms with Crippen LogP contribution in [-0.2, 0) is 27.9 Å². The lowest BCUT2D eigenvalue weighted by molar-refractivity contribution is -0.870. The monoisotopic (exact) mass is 1170 g/mol. The highest BCUT2D eigenvalue weighted by molar-refractivity contribution is 7.45. The molecule has 3 atom stereocenters. The van der Waals surface area contributed by atoms with Gasteiger partial charge in [0.05, 0.1) is 33.8 Å². The number of ether oxygens (including phenoxy) is 1.